The van der Waals surface area contributed by atoms with E-state index in [1.54, 1.807) is 24.3 Å². The number of amides is 3. The Hall–Kier alpha value is -3.43. The zero-order chi connectivity index (χ0) is 18.2. The molecule has 1 aromatic carbocycles. The number of fused-ring (bicyclic) bond motifs is 1. The quantitative estimate of drug-likeness (QED) is 0.336. The molecule has 10 heteroatoms. The summed E-state index contributed by atoms with van der Waals surface area (Å²) in [6, 6.07) is 5.83. The van der Waals surface area contributed by atoms with Crippen LogP contribution in [0.1, 0.15) is 23.3 Å². The first-order chi connectivity index (χ1) is 12.0. The number of urea groups is 1. The highest BCUT2D eigenvalue weighted by molar-refractivity contribution is 6.05. The lowest BCUT2D eigenvalue weighted by molar-refractivity contribution is -0.140. The van der Waals surface area contributed by atoms with Crippen molar-refractivity contribution in [3.63, 3.8) is 0 Å². The number of methoxy groups -OCH3 is 1. The van der Waals surface area contributed by atoms with Crippen LogP contribution in [0.4, 0.5) is 4.79 Å². The van der Waals surface area contributed by atoms with E-state index in [4.69, 9.17) is 0 Å². The van der Waals surface area contributed by atoms with Crippen molar-refractivity contribution in [3.8, 4) is 0 Å². The van der Waals surface area contributed by atoms with Crippen LogP contribution in [0.2, 0.25) is 0 Å². The second-order valence-electron chi connectivity index (χ2n) is 4.96. The van der Waals surface area contributed by atoms with Crippen molar-refractivity contribution in [1.29, 1.82) is 0 Å². The Morgan fingerprint density at radius 3 is 2.60 bits per heavy atom. The van der Waals surface area contributed by atoms with Crippen LogP contribution < -0.4 is 21.7 Å². The molecule has 0 bridgehead atoms. The molecule has 10 nitrogen and oxygen atoms in total. The molecule has 132 valence electrons. The third-order valence-electron chi connectivity index (χ3n) is 3.27. The number of hydrogen-bond donors (Lipinski definition) is 4. The molecule has 2 aromatic rings. The van der Waals surface area contributed by atoms with E-state index in [2.05, 4.69) is 31.1 Å². The average Bonchev–Trinajstić information content (AvgIpc) is 2.63. The van der Waals surface area contributed by atoms with Crippen LogP contribution in [-0.2, 0) is 9.53 Å². The third kappa shape index (κ3) is 4.77. The highest BCUT2D eigenvalue weighted by Crippen LogP contribution is 2.11. The minimum absolute atomic E-state index is 0.0267. The van der Waals surface area contributed by atoms with Crippen molar-refractivity contribution in [2.75, 3.05) is 13.7 Å². The molecule has 25 heavy (non-hydrogen) atoms. The number of aromatic nitrogens is 2. The zero-order valence-corrected chi connectivity index (χ0v) is 13.4. The molecule has 0 atom stereocenters. The molecule has 0 aliphatic carbocycles. The highest BCUT2D eigenvalue weighted by Gasteiger charge is 2.14. The van der Waals surface area contributed by atoms with Gasteiger partial charge in [0.2, 0.25) is 0 Å². The molecular weight excluding hydrogens is 330 g/mol. The lowest BCUT2D eigenvalue weighted by Gasteiger charge is -2.09. The van der Waals surface area contributed by atoms with Crippen LogP contribution in [0.3, 0.4) is 0 Å². The van der Waals surface area contributed by atoms with Crippen LogP contribution in [0.25, 0.3) is 10.8 Å². The second-order valence-corrected chi connectivity index (χ2v) is 4.96. The van der Waals surface area contributed by atoms with Gasteiger partial charge in [0.15, 0.2) is 5.69 Å². The number of esters is 1. The Balaban J connectivity index is 1.89. The number of nitrogens with zero attached hydrogens (tertiary/aromatic N) is 1. The average molecular weight is 347 g/mol. The molecule has 0 saturated heterocycles. The molecule has 0 unspecified atom stereocenters. The third-order valence-corrected chi connectivity index (χ3v) is 3.27. The fourth-order valence-corrected chi connectivity index (χ4v) is 2.04. The monoisotopic (exact) mass is 347 g/mol. The number of ether oxygens (including phenoxy) is 1. The minimum Gasteiger partial charge on any atom is -0.469 e. The first-order valence-electron chi connectivity index (χ1n) is 7.41. The number of aromatic amines is 1. The molecule has 1 heterocycles. The van der Waals surface area contributed by atoms with Gasteiger partial charge in [0.25, 0.3) is 11.5 Å². The van der Waals surface area contributed by atoms with Gasteiger partial charge in [-0.1, -0.05) is 18.2 Å². The molecule has 0 fully saturated rings. The molecule has 0 saturated carbocycles. The molecule has 0 radical (unpaired) electrons. The molecule has 0 aliphatic heterocycles. The number of benzene rings is 1. The van der Waals surface area contributed by atoms with E-state index in [0.29, 0.717) is 17.2 Å². The van der Waals surface area contributed by atoms with Gasteiger partial charge >= 0.3 is 12.0 Å². The lowest BCUT2D eigenvalue weighted by atomic mass is 10.1. The maximum Gasteiger partial charge on any atom is 0.333 e. The van der Waals surface area contributed by atoms with E-state index in [1.807, 2.05) is 0 Å². The summed E-state index contributed by atoms with van der Waals surface area (Å²) in [6.45, 7) is 0.233. The number of H-pyrrole nitrogens is 1. The largest absolute Gasteiger partial charge is 0.469 e. The number of rotatable bonds is 5. The van der Waals surface area contributed by atoms with E-state index in [1.165, 1.54) is 7.11 Å². The van der Waals surface area contributed by atoms with Crippen LogP contribution in [-0.4, -0.2) is 41.8 Å². The van der Waals surface area contributed by atoms with Crippen molar-refractivity contribution in [3.05, 3.63) is 40.3 Å². The Morgan fingerprint density at radius 2 is 1.88 bits per heavy atom. The molecular formula is C15H17N5O5. The second kappa shape index (κ2) is 8.43. The summed E-state index contributed by atoms with van der Waals surface area (Å²) in [5.74, 6) is -1.05. The topological polar surface area (TPSA) is 142 Å². The van der Waals surface area contributed by atoms with Crippen molar-refractivity contribution in [2.24, 2.45) is 0 Å². The van der Waals surface area contributed by atoms with Crippen molar-refractivity contribution in [1.82, 2.24) is 26.4 Å². The van der Waals surface area contributed by atoms with E-state index in [0.717, 1.165) is 0 Å². The van der Waals surface area contributed by atoms with Gasteiger partial charge in [0.1, 0.15) is 0 Å². The number of hydrogen-bond acceptors (Lipinski definition) is 6. The first kappa shape index (κ1) is 17.9. The van der Waals surface area contributed by atoms with Crippen molar-refractivity contribution in [2.45, 2.75) is 12.8 Å². The van der Waals surface area contributed by atoms with Crippen molar-refractivity contribution >= 4 is 28.7 Å². The Kier molecular flexibility index (Phi) is 6.04. The van der Waals surface area contributed by atoms with Gasteiger partial charge in [-0.3, -0.25) is 19.8 Å². The number of nitrogens with one attached hydrogen (secondary N) is 4. The van der Waals surface area contributed by atoms with Gasteiger partial charge in [-0.05, 0) is 12.5 Å². The summed E-state index contributed by atoms with van der Waals surface area (Å²) in [4.78, 5) is 46.3. The van der Waals surface area contributed by atoms with E-state index >= 15 is 0 Å². The van der Waals surface area contributed by atoms with Crippen LogP contribution in [0.5, 0.6) is 0 Å². The standard InChI is InChI=1S/C15H17N5O5/c1-25-11(21)7-4-8-16-15(24)20-19-14(23)12-9-5-2-3-6-10(9)13(22)18-17-12/h2-3,5-6H,4,7-8H2,1H3,(H,18,22)(H,19,23)(H2,16,20,24). The molecule has 4 N–H and O–H groups in total. The maximum absolute atomic E-state index is 12.1. The predicted molar refractivity (Wildman–Crippen MR) is 87.6 cm³/mol. The Labute approximate surface area is 141 Å². The number of hydrazine groups is 1. The molecule has 0 spiro atoms. The normalized spacial score (nSPS) is 10.1. The molecule has 1 aromatic heterocycles. The summed E-state index contributed by atoms with van der Waals surface area (Å²) >= 11 is 0. The van der Waals surface area contributed by atoms with Crippen molar-refractivity contribution < 1.29 is 19.1 Å². The summed E-state index contributed by atoms with van der Waals surface area (Å²) < 4.78 is 4.47. The lowest BCUT2D eigenvalue weighted by Crippen LogP contribution is -2.47. The van der Waals surface area contributed by atoms with E-state index in [-0.39, 0.29) is 24.6 Å². The number of carbonyl (C=O) groups is 3. The molecule has 0 aliphatic rings. The van der Waals surface area contributed by atoms with E-state index in [9.17, 15) is 19.2 Å². The van der Waals surface area contributed by atoms with Gasteiger partial charge in [0, 0.05) is 18.4 Å². The fourth-order valence-electron chi connectivity index (χ4n) is 2.04. The zero-order valence-electron chi connectivity index (χ0n) is 13.4. The van der Waals surface area contributed by atoms with Gasteiger partial charge in [-0.25, -0.2) is 15.3 Å². The first-order valence-corrected chi connectivity index (χ1v) is 7.41. The van der Waals surface area contributed by atoms with Crippen LogP contribution >= 0.6 is 0 Å². The minimum atomic E-state index is -0.683. The SMILES string of the molecule is COC(=O)CCCNC(=O)NNC(=O)c1n[nH]c(=O)c2ccccc12. The Morgan fingerprint density at radius 1 is 1.16 bits per heavy atom. The Bertz CT molecular complexity index is 848. The van der Waals surface area contributed by atoms with Gasteiger partial charge < -0.3 is 10.1 Å². The van der Waals surface area contributed by atoms with Gasteiger partial charge in [-0.15, -0.1) is 0 Å². The summed E-state index contributed by atoms with van der Waals surface area (Å²) in [5, 5.41) is 9.09. The van der Waals surface area contributed by atoms with Crippen LogP contribution in [0, 0.1) is 0 Å². The number of carbonyl (C=O) groups excluding carboxylic acids is 3. The molecule has 3 amide bonds. The fraction of sp³-hybridized carbons (Fsp3) is 0.267. The summed E-state index contributed by atoms with van der Waals surface area (Å²) in [7, 11) is 1.28. The summed E-state index contributed by atoms with van der Waals surface area (Å²) in [5.41, 5.74) is 3.92. The summed E-state index contributed by atoms with van der Waals surface area (Å²) in [6.07, 6.45) is 0.580. The molecule has 2 rings (SSSR count). The smallest absolute Gasteiger partial charge is 0.333 e. The van der Waals surface area contributed by atoms with Gasteiger partial charge in [-0.2, -0.15) is 5.10 Å². The van der Waals surface area contributed by atoms with Crippen LogP contribution in [0.15, 0.2) is 29.1 Å². The van der Waals surface area contributed by atoms with E-state index < -0.39 is 17.5 Å². The highest BCUT2D eigenvalue weighted by atomic mass is 16.5. The maximum atomic E-state index is 12.1. The predicted octanol–water partition coefficient (Wildman–Crippen LogP) is -0.180. The van der Waals surface area contributed by atoms with Gasteiger partial charge in [0.05, 0.1) is 12.5 Å².